The van der Waals surface area contributed by atoms with E-state index in [1.807, 2.05) is 24.4 Å². The number of carbonyl (C=O) groups is 1. The Kier molecular flexibility index (Phi) is 5.07. The Hall–Kier alpha value is -1.76. The Morgan fingerprint density at radius 2 is 2.12 bits per heavy atom. The van der Waals surface area contributed by atoms with Gasteiger partial charge in [-0.05, 0) is 44.8 Å². The Morgan fingerprint density at radius 1 is 1.35 bits per heavy atom. The van der Waals surface area contributed by atoms with Gasteiger partial charge in [0.15, 0.2) is 0 Å². The molecule has 2 fully saturated rings. The second-order valence-corrected chi connectivity index (χ2v) is 8.72. The summed E-state index contributed by atoms with van der Waals surface area (Å²) < 4.78 is 0. The quantitative estimate of drug-likeness (QED) is 0.868. The highest BCUT2D eigenvalue weighted by molar-refractivity contribution is 7.15. The number of rotatable bonds is 4. The van der Waals surface area contributed by atoms with Crippen molar-refractivity contribution in [1.82, 2.24) is 20.5 Å². The van der Waals surface area contributed by atoms with Crippen LogP contribution in [0.3, 0.4) is 0 Å². The maximum Gasteiger partial charge on any atom is 0.237 e. The van der Waals surface area contributed by atoms with Crippen molar-refractivity contribution in [3.63, 3.8) is 0 Å². The summed E-state index contributed by atoms with van der Waals surface area (Å²) in [6.45, 7) is 3.74. The van der Waals surface area contributed by atoms with E-state index in [2.05, 4.69) is 39.7 Å². The molecule has 2 aliphatic rings. The number of nitrogens with one attached hydrogen (secondary N) is 2. The number of likely N-dealkylation sites (N-methyl/N-ethyl adjacent to an activating group) is 1. The molecule has 138 valence electrons. The molecular weight excluding hydrogens is 344 g/mol. The van der Waals surface area contributed by atoms with Gasteiger partial charge in [-0.3, -0.25) is 9.69 Å². The minimum Gasteiger partial charge on any atom is -0.350 e. The Labute approximate surface area is 158 Å². The van der Waals surface area contributed by atoms with E-state index in [-0.39, 0.29) is 11.9 Å². The molecule has 2 aromatic rings. The monoisotopic (exact) mass is 370 g/mol. The largest absolute Gasteiger partial charge is 0.350 e. The topological polar surface area (TPSA) is 57.3 Å². The van der Waals surface area contributed by atoms with E-state index in [0.29, 0.717) is 12.0 Å². The van der Waals surface area contributed by atoms with Crippen molar-refractivity contribution in [3.8, 4) is 10.6 Å². The standard InChI is InChI=1S/C20H26N4OS/c1-24-14-20(7-9-21-10-8-20)11-17(24)18(25)22-12-16-13-23-19(26-16)15-5-3-2-4-6-15/h2-6,13,17,21H,7-12,14H2,1H3,(H,22,25). The average Bonchev–Trinajstić information content (AvgIpc) is 3.26. The number of piperidine rings is 1. The first-order valence-electron chi connectivity index (χ1n) is 9.34. The van der Waals surface area contributed by atoms with Crippen LogP contribution >= 0.6 is 11.3 Å². The van der Waals surface area contributed by atoms with Crippen LogP contribution in [0, 0.1) is 5.41 Å². The maximum absolute atomic E-state index is 12.7. The van der Waals surface area contributed by atoms with Gasteiger partial charge in [-0.1, -0.05) is 30.3 Å². The Morgan fingerprint density at radius 3 is 2.88 bits per heavy atom. The fraction of sp³-hybridized carbons (Fsp3) is 0.500. The molecule has 1 unspecified atom stereocenters. The molecule has 0 bridgehead atoms. The summed E-state index contributed by atoms with van der Waals surface area (Å²) in [5.41, 5.74) is 1.45. The van der Waals surface area contributed by atoms with Crippen LogP contribution in [0.15, 0.2) is 36.5 Å². The van der Waals surface area contributed by atoms with E-state index in [1.165, 1.54) is 12.8 Å². The van der Waals surface area contributed by atoms with Crippen LogP contribution in [0.4, 0.5) is 0 Å². The summed E-state index contributed by atoms with van der Waals surface area (Å²) in [5, 5.41) is 7.57. The normalized spacial score (nSPS) is 22.6. The lowest BCUT2D eigenvalue weighted by Crippen LogP contribution is -2.40. The number of hydrogen-bond acceptors (Lipinski definition) is 5. The van der Waals surface area contributed by atoms with E-state index in [1.54, 1.807) is 11.3 Å². The van der Waals surface area contributed by atoms with Crippen molar-refractivity contribution >= 4 is 17.2 Å². The van der Waals surface area contributed by atoms with Gasteiger partial charge in [-0.25, -0.2) is 4.98 Å². The molecule has 2 aliphatic heterocycles. The number of amides is 1. The molecule has 5 nitrogen and oxygen atoms in total. The van der Waals surface area contributed by atoms with Crippen LogP contribution in [-0.2, 0) is 11.3 Å². The van der Waals surface area contributed by atoms with Crippen molar-refractivity contribution in [2.75, 3.05) is 26.7 Å². The van der Waals surface area contributed by atoms with Gasteiger partial charge < -0.3 is 10.6 Å². The molecule has 26 heavy (non-hydrogen) atoms. The zero-order chi connectivity index (χ0) is 18.0. The van der Waals surface area contributed by atoms with E-state index < -0.39 is 0 Å². The molecule has 0 saturated carbocycles. The average molecular weight is 371 g/mol. The third-order valence-electron chi connectivity index (χ3n) is 5.72. The highest BCUT2D eigenvalue weighted by atomic mass is 32.1. The second kappa shape index (κ2) is 7.47. The van der Waals surface area contributed by atoms with Crippen molar-refractivity contribution < 1.29 is 4.79 Å². The molecule has 2 N–H and O–H groups in total. The predicted molar refractivity (Wildman–Crippen MR) is 105 cm³/mol. The Balaban J connectivity index is 1.35. The van der Waals surface area contributed by atoms with E-state index in [9.17, 15) is 4.79 Å². The number of benzene rings is 1. The molecule has 1 aromatic carbocycles. The predicted octanol–water partition coefficient (Wildman–Crippen LogP) is 2.50. The number of nitrogens with zero attached hydrogens (tertiary/aromatic N) is 2. The third kappa shape index (κ3) is 3.68. The maximum atomic E-state index is 12.7. The number of carbonyl (C=O) groups excluding carboxylic acids is 1. The highest BCUT2D eigenvalue weighted by Gasteiger charge is 2.45. The van der Waals surface area contributed by atoms with Gasteiger partial charge in [-0.15, -0.1) is 11.3 Å². The molecule has 1 atom stereocenters. The van der Waals surface area contributed by atoms with Crippen LogP contribution in [-0.4, -0.2) is 48.5 Å². The minimum atomic E-state index is -0.00499. The first-order valence-corrected chi connectivity index (χ1v) is 10.2. The van der Waals surface area contributed by atoms with Crippen LogP contribution in [0.2, 0.25) is 0 Å². The lowest BCUT2D eigenvalue weighted by molar-refractivity contribution is -0.125. The van der Waals surface area contributed by atoms with E-state index in [4.69, 9.17) is 0 Å². The zero-order valence-electron chi connectivity index (χ0n) is 15.2. The molecule has 0 radical (unpaired) electrons. The number of thiazole rings is 1. The van der Waals surface area contributed by atoms with Gasteiger partial charge in [0.25, 0.3) is 0 Å². The van der Waals surface area contributed by atoms with Gasteiger partial charge in [0.1, 0.15) is 5.01 Å². The molecular formula is C20H26N4OS. The molecule has 1 spiro atoms. The fourth-order valence-corrected chi connectivity index (χ4v) is 5.13. The smallest absolute Gasteiger partial charge is 0.237 e. The van der Waals surface area contributed by atoms with E-state index >= 15 is 0 Å². The minimum absolute atomic E-state index is 0.00499. The summed E-state index contributed by atoms with van der Waals surface area (Å²) in [5.74, 6) is 0.151. The van der Waals surface area contributed by atoms with Crippen molar-refractivity contribution in [1.29, 1.82) is 0 Å². The van der Waals surface area contributed by atoms with Crippen LogP contribution < -0.4 is 10.6 Å². The summed E-state index contributed by atoms with van der Waals surface area (Å²) in [6.07, 6.45) is 5.21. The van der Waals surface area contributed by atoms with Gasteiger partial charge >= 0.3 is 0 Å². The molecule has 6 heteroatoms. The lowest BCUT2D eigenvalue weighted by Gasteiger charge is -2.33. The van der Waals surface area contributed by atoms with Crippen molar-refractivity contribution in [3.05, 3.63) is 41.4 Å². The Bertz CT molecular complexity index is 754. The summed E-state index contributed by atoms with van der Waals surface area (Å²) in [6, 6.07) is 10.2. The second-order valence-electron chi connectivity index (χ2n) is 7.60. The van der Waals surface area contributed by atoms with Crippen LogP contribution in [0.1, 0.15) is 24.1 Å². The number of hydrogen-bond donors (Lipinski definition) is 2. The van der Waals surface area contributed by atoms with Gasteiger partial charge in [0.05, 0.1) is 12.6 Å². The summed E-state index contributed by atoms with van der Waals surface area (Å²) in [7, 11) is 2.08. The van der Waals surface area contributed by atoms with E-state index in [0.717, 1.165) is 41.5 Å². The van der Waals surface area contributed by atoms with Gasteiger partial charge in [0, 0.05) is 23.2 Å². The van der Waals surface area contributed by atoms with Gasteiger partial charge in [-0.2, -0.15) is 0 Å². The summed E-state index contributed by atoms with van der Waals surface area (Å²) >= 11 is 1.65. The molecule has 1 aromatic heterocycles. The first-order chi connectivity index (χ1) is 12.7. The number of aromatic nitrogens is 1. The molecule has 3 heterocycles. The molecule has 2 saturated heterocycles. The third-order valence-corrected chi connectivity index (χ3v) is 6.77. The highest BCUT2D eigenvalue weighted by Crippen LogP contribution is 2.41. The first kappa shape index (κ1) is 17.6. The molecule has 4 rings (SSSR count). The van der Waals surface area contributed by atoms with Crippen molar-refractivity contribution in [2.24, 2.45) is 5.41 Å². The molecule has 1 amide bonds. The number of likely N-dealkylation sites (tertiary alicyclic amines) is 1. The summed E-state index contributed by atoms with van der Waals surface area (Å²) in [4.78, 5) is 20.6. The van der Waals surface area contributed by atoms with Crippen molar-refractivity contribution in [2.45, 2.75) is 31.8 Å². The molecule has 0 aliphatic carbocycles. The van der Waals surface area contributed by atoms with Gasteiger partial charge in [0.2, 0.25) is 5.91 Å². The SMILES string of the molecule is CN1CC2(CCNCC2)CC1C(=O)NCc1cnc(-c2ccccc2)s1. The fourth-order valence-electron chi connectivity index (χ4n) is 4.28. The van der Waals surface area contributed by atoms with Crippen LogP contribution in [0.25, 0.3) is 10.6 Å². The zero-order valence-corrected chi connectivity index (χ0v) is 16.0. The van der Waals surface area contributed by atoms with Crippen LogP contribution in [0.5, 0.6) is 0 Å². The lowest BCUT2D eigenvalue weighted by atomic mass is 9.77.